The van der Waals surface area contributed by atoms with Gasteiger partial charge >= 0.3 is 12.1 Å². The zero-order chi connectivity index (χ0) is 31.5. The highest BCUT2D eigenvalue weighted by Crippen LogP contribution is 2.26. The zero-order valence-electron chi connectivity index (χ0n) is 23.8. The monoisotopic (exact) mass is 703 g/mol. The standard InChI is InChI=1S/C27H32F2IN5O7/c1-13(2)20(33-26(40)42-27(3,4)5)25(39)41-11-15(36)10-35-12-31-22-18(23(35)37)21(19(29)24(38)34(22)6)32-17-8-7-14(30)9-16(17)28/h7-9,12-13,15,20,32,36H,10-11H2,1-6H3,(H,33,40). The number of esters is 1. The number of amides is 1. The topological polar surface area (TPSA) is 154 Å². The number of aliphatic hydroxyl groups is 1. The number of aryl methyl sites for hydroxylation is 1. The van der Waals surface area contributed by atoms with E-state index in [2.05, 4.69) is 15.6 Å². The number of hydrogen-bond donors (Lipinski definition) is 3. The Morgan fingerprint density at radius 3 is 2.43 bits per heavy atom. The van der Waals surface area contributed by atoms with Crippen LogP contribution in [0.2, 0.25) is 0 Å². The number of anilines is 2. The van der Waals surface area contributed by atoms with Gasteiger partial charge in [0.05, 0.1) is 17.9 Å². The van der Waals surface area contributed by atoms with Gasteiger partial charge in [-0.1, -0.05) is 13.8 Å². The quantitative estimate of drug-likeness (QED) is 0.225. The van der Waals surface area contributed by atoms with E-state index in [4.69, 9.17) is 9.47 Å². The minimum Gasteiger partial charge on any atom is -0.461 e. The fourth-order valence-corrected chi connectivity index (χ4v) is 4.32. The molecule has 3 N–H and O–H groups in total. The van der Waals surface area contributed by atoms with E-state index >= 15 is 4.39 Å². The van der Waals surface area contributed by atoms with Gasteiger partial charge in [0.25, 0.3) is 11.1 Å². The van der Waals surface area contributed by atoms with Crippen LogP contribution in [0.25, 0.3) is 11.0 Å². The number of carbonyl (C=O) groups is 2. The van der Waals surface area contributed by atoms with Crippen LogP contribution in [0, 0.1) is 21.1 Å². The van der Waals surface area contributed by atoms with Gasteiger partial charge in [0.15, 0.2) is 5.65 Å². The van der Waals surface area contributed by atoms with Crippen molar-refractivity contribution in [3.63, 3.8) is 0 Å². The molecule has 0 fully saturated rings. The fraction of sp³-hybridized carbons (Fsp3) is 0.444. The third-order valence-electron chi connectivity index (χ3n) is 5.91. The minimum atomic E-state index is -1.41. The number of hydrogen-bond acceptors (Lipinski definition) is 9. The van der Waals surface area contributed by atoms with Crippen molar-refractivity contribution in [2.75, 3.05) is 11.9 Å². The Morgan fingerprint density at radius 1 is 1.17 bits per heavy atom. The number of pyridine rings is 1. The predicted molar refractivity (Wildman–Crippen MR) is 159 cm³/mol. The van der Waals surface area contributed by atoms with Crippen LogP contribution in [0.15, 0.2) is 34.1 Å². The van der Waals surface area contributed by atoms with Gasteiger partial charge in [0, 0.05) is 10.6 Å². The number of nitrogens with zero attached hydrogens (tertiary/aromatic N) is 3. The van der Waals surface area contributed by atoms with E-state index < -0.39 is 71.4 Å². The SMILES string of the molecule is CC(C)C(NC(=O)OC(C)(C)C)C(=O)OCC(O)Cn1cnc2c(c(Nc3ccc(I)cc3F)c(F)c(=O)n2C)c1=O. The lowest BCUT2D eigenvalue weighted by Gasteiger charge is -2.25. The van der Waals surface area contributed by atoms with Crippen molar-refractivity contribution in [2.45, 2.75) is 58.9 Å². The van der Waals surface area contributed by atoms with Gasteiger partial charge in [-0.25, -0.2) is 19.0 Å². The minimum absolute atomic E-state index is 0.176. The molecule has 3 rings (SSSR count). The van der Waals surface area contributed by atoms with E-state index in [9.17, 15) is 28.7 Å². The number of nitrogens with one attached hydrogen (secondary N) is 2. The maximum absolute atomic E-state index is 15.2. The van der Waals surface area contributed by atoms with Gasteiger partial charge in [0.2, 0.25) is 5.82 Å². The number of aliphatic hydroxyl groups excluding tert-OH is 1. The number of benzene rings is 1. The van der Waals surface area contributed by atoms with Crippen LogP contribution in [-0.2, 0) is 27.9 Å². The summed E-state index contributed by atoms with van der Waals surface area (Å²) in [4.78, 5) is 54.8. The third-order valence-corrected chi connectivity index (χ3v) is 6.58. The van der Waals surface area contributed by atoms with Crippen molar-refractivity contribution < 1.29 is 33.0 Å². The van der Waals surface area contributed by atoms with Crippen LogP contribution in [0.5, 0.6) is 0 Å². The normalized spacial score (nSPS) is 13.1. The summed E-state index contributed by atoms with van der Waals surface area (Å²) < 4.78 is 42.4. The van der Waals surface area contributed by atoms with Crippen LogP contribution in [0.3, 0.4) is 0 Å². The Labute approximate surface area is 253 Å². The number of ether oxygens (including phenoxy) is 2. The molecule has 3 aromatic rings. The van der Waals surface area contributed by atoms with Crippen molar-refractivity contribution in [3.05, 3.63) is 60.4 Å². The largest absolute Gasteiger partial charge is 0.461 e. The molecule has 2 heterocycles. The first kappa shape index (κ1) is 32.9. The fourth-order valence-electron chi connectivity index (χ4n) is 3.87. The molecule has 1 amide bonds. The van der Waals surface area contributed by atoms with Gasteiger partial charge < -0.3 is 25.2 Å². The Balaban J connectivity index is 1.85. The Kier molecular flexibility index (Phi) is 10.3. The van der Waals surface area contributed by atoms with E-state index in [1.54, 1.807) is 40.7 Å². The summed E-state index contributed by atoms with van der Waals surface area (Å²) in [6.45, 7) is 7.39. The van der Waals surface area contributed by atoms with E-state index in [1.807, 2.05) is 22.6 Å². The second-order valence-corrected chi connectivity index (χ2v) is 12.1. The summed E-state index contributed by atoms with van der Waals surface area (Å²) >= 11 is 1.89. The number of rotatable bonds is 9. The number of carbonyl (C=O) groups excluding carboxylic acids is 2. The van der Waals surface area contributed by atoms with E-state index in [0.717, 1.165) is 15.5 Å². The molecule has 2 atom stereocenters. The summed E-state index contributed by atoms with van der Waals surface area (Å²) in [6.07, 6.45) is -1.19. The highest BCUT2D eigenvalue weighted by Gasteiger charge is 2.29. The molecular formula is C27H32F2IN5O7. The molecule has 0 radical (unpaired) electrons. The molecular weight excluding hydrogens is 671 g/mol. The molecule has 0 saturated heterocycles. The molecule has 2 aromatic heterocycles. The number of aromatic nitrogens is 3. The maximum atomic E-state index is 15.2. The van der Waals surface area contributed by atoms with Crippen molar-refractivity contribution in [2.24, 2.45) is 13.0 Å². The lowest BCUT2D eigenvalue weighted by Crippen LogP contribution is -2.47. The summed E-state index contributed by atoms with van der Waals surface area (Å²) in [5, 5.41) is 15.1. The maximum Gasteiger partial charge on any atom is 0.408 e. The molecule has 0 saturated carbocycles. The van der Waals surface area contributed by atoms with Crippen molar-refractivity contribution in [3.8, 4) is 0 Å². The first-order valence-corrected chi connectivity index (χ1v) is 13.9. The summed E-state index contributed by atoms with van der Waals surface area (Å²) in [7, 11) is 1.23. The van der Waals surface area contributed by atoms with Crippen LogP contribution < -0.4 is 21.8 Å². The summed E-state index contributed by atoms with van der Waals surface area (Å²) in [6, 6.07) is 2.99. The lowest BCUT2D eigenvalue weighted by molar-refractivity contribution is -0.150. The van der Waals surface area contributed by atoms with Crippen LogP contribution in [0.1, 0.15) is 34.6 Å². The average Bonchev–Trinajstić information content (AvgIpc) is 2.88. The predicted octanol–water partition coefficient (Wildman–Crippen LogP) is 3.18. The molecule has 228 valence electrons. The molecule has 0 aliphatic heterocycles. The van der Waals surface area contributed by atoms with E-state index in [1.165, 1.54) is 19.2 Å². The Hall–Kier alpha value is -3.60. The number of alkyl carbamates (subject to hydrolysis) is 1. The molecule has 0 bridgehead atoms. The van der Waals surface area contributed by atoms with Gasteiger partial charge in [-0.05, 0) is 67.5 Å². The molecule has 1 aromatic carbocycles. The second-order valence-electron chi connectivity index (χ2n) is 10.9. The Morgan fingerprint density at radius 2 is 1.83 bits per heavy atom. The molecule has 15 heteroatoms. The highest BCUT2D eigenvalue weighted by atomic mass is 127. The van der Waals surface area contributed by atoms with Crippen molar-refractivity contribution in [1.29, 1.82) is 0 Å². The smallest absolute Gasteiger partial charge is 0.408 e. The molecule has 12 nitrogen and oxygen atoms in total. The third kappa shape index (κ3) is 7.81. The molecule has 0 aliphatic carbocycles. The first-order chi connectivity index (χ1) is 19.5. The number of fused-ring (bicyclic) bond motifs is 1. The van der Waals surface area contributed by atoms with Gasteiger partial charge in [-0.2, -0.15) is 4.39 Å². The number of halogens is 3. The van der Waals surface area contributed by atoms with E-state index in [-0.39, 0.29) is 22.6 Å². The van der Waals surface area contributed by atoms with Gasteiger partial charge in [0.1, 0.15) is 41.9 Å². The Bertz CT molecular complexity index is 1620. The van der Waals surface area contributed by atoms with E-state index in [0.29, 0.717) is 3.57 Å². The van der Waals surface area contributed by atoms with Gasteiger partial charge in [-0.3, -0.25) is 18.7 Å². The molecule has 0 aliphatic rings. The van der Waals surface area contributed by atoms with Crippen LogP contribution in [-0.4, -0.2) is 55.6 Å². The van der Waals surface area contributed by atoms with Gasteiger partial charge in [-0.15, -0.1) is 0 Å². The summed E-state index contributed by atoms with van der Waals surface area (Å²) in [5.41, 5.74) is -3.65. The van der Waals surface area contributed by atoms with Crippen LogP contribution in [0.4, 0.5) is 25.0 Å². The second kappa shape index (κ2) is 13.1. The van der Waals surface area contributed by atoms with Crippen molar-refractivity contribution >= 4 is 57.1 Å². The van der Waals surface area contributed by atoms with Crippen molar-refractivity contribution in [1.82, 2.24) is 19.4 Å². The molecule has 2 unspecified atom stereocenters. The summed E-state index contributed by atoms with van der Waals surface area (Å²) in [5.74, 6) is -3.27. The van der Waals surface area contributed by atoms with Crippen LogP contribution >= 0.6 is 22.6 Å². The lowest BCUT2D eigenvalue weighted by atomic mass is 10.1. The average molecular weight is 703 g/mol. The highest BCUT2D eigenvalue weighted by molar-refractivity contribution is 14.1. The molecule has 0 spiro atoms. The molecule has 42 heavy (non-hydrogen) atoms. The zero-order valence-corrected chi connectivity index (χ0v) is 26.0. The first-order valence-electron chi connectivity index (χ1n) is 12.8.